The molecular formula is C13H18F3N3O2. The molecule has 1 rings (SSSR count). The quantitative estimate of drug-likeness (QED) is 0.646. The molecule has 0 fully saturated rings. The van der Waals surface area contributed by atoms with Crippen LogP contribution in [0.15, 0.2) is 18.2 Å². The van der Waals surface area contributed by atoms with Crippen LogP contribution in [0.5, 0.6) is 0 Å². The van der Waals surface area contributed by atoms with Crippen molar-refractivity contribution < 1.29 is 18.1 Å². The SMILES string of the molecule is CNc1c(CN(CC(F)(F)F)C(C)C)cccc1[N+](=O)[O-]. The topological polar surface area (TPSA) is 58.4 Å². The third-order valence-electron chi connectivity index (χ3n) is 3.06. The fourth-order valence-corrected chi connectivity index (χ4v) is 2.03. The maximum Gasteiger partial charge on any atom is 0.401 e. The van der Waals surface area contributed by atoms with Crippen LogP contribution in [0.25, 0.3) is 0 Å². The van der Waals surface area contributed by atoms with E-state index in [0.717, 1.165) is 0 Å². The average molecular weight is 305 g/mol. The monoisotopic (exact) mass is 305 g/mol. The van der Waals surface area contributed by atoms with Gasteiger partial charge in [0, 0.05) is 25.7 Å². The number of nitro benzene ring substituents is 1. The molecule has 0 spiro atoms. The van der Waals surface area contributed by atoms with Gasteiger partial charge in [-0.2, -0.15) is 13.2 Å². The Morgan fingerprint density at radius 1 is 1.38 bits per heavy atom. The van der Waals surface area contributed by atoms with Crippen molar-refractivity contribution >= 4 is 11.4 Å². The summed E-state index contributed by atoms with van der Waals surface area (Å²) in [7, 11) is 1.51. The molecule has 0 aliphatic carbocycles. The van der Waals surface area contributed by atoms with Crippen LogP contribution >= 0.6 is 0 Å². The van der Waals surface area contributed by atoms with E-state index in [2.05, 4.69) is 5.32 Å². The highest BCUT2D eigenvalue weighted by molar-refractivity contribution is 5.66. The zero-order chi connectivity index (χ0) is 16.2. The highest BCUT2D eigenvalue weighted by Gasteiger charge is 2.32. The van der Waals surface area contributed by atoms with Crippen molar-refractivity contribution in [2.75, 3.05) is 18.9 Å². The smallest absolute Gasteiger partial charge is 0.382 e. The highest BCUT2D eigenvalue weighted by atomic mass is 19.4. The van der Waals surface area contributed by atoms with E-state index < -0.39 is 17.6 Å². The number of alkyl halides is 3. The normalized spacial score (nSPS) is 12.0. The van der Waals surface area contributed by atoms with Crippen molar-refractivity contribution in [3.63, 3.8) is 0 Å². The Balaban J connectivity index is 3.09. The number of nitrogens with one attached hydrogen (secondary N) is 1. The van der Waals surface area contributed by atoms with Crippen molar-refractivity contribution in [3.05, 3.63) is 33.9 Å². The zero-order valence-corrected chi connectivity index (χ0v) is 12.1. The van der Waals surface area contributed by atoms with Gasteiger partial charge < -0.3 is 5.32 Å². The minimum atomic E-state index is -4.31. The molecule has 21 heavy (non-hydrogen) atoms. The average Bonchev–Trinajstić information content (AvgIpc) is 2.35. The molecule has 0 aliphatic rings. The van der Waals surface area contributed by atoms with Gasteiger partial charge in [0.1, 0.15) is 5.69 Å². The lowest BCUT2D eigenvalue weighted by Crippen LogP contribution is -2.38. The van der Waals surface area contributed by atoms with Gasteiger partial charge >= 0.3 is 6.18 Å². The minimum absolute atomic E-state index is 0.0188. The minimum Gasteiger partial charge on any atom is -0.382 e. The Morgan fingerprint density at radius 3 is 2.43 bits per heavy atom. The number of hydrogen-bond donors (Lipinski definition) is 1. The lowest BCUT2D eigenvalue weighted by Gasteiger charge is -2.28. The van der Waals surface area contributed by atoms with Gasteiger partial charge in [0.2, 0.25) is 0 Å². The molecule has 8 heteroatoms. The molecule has 118 valence electrons. The second-order valence-corrected chi connectivity index (χ2v) is 4.93. The molecule has 1 aromatic carbocycles. The molecule has 0 atom stereocenters. The predicted octanol–water partition coefficient (Wildman–Crippen LogP) is 3.41. The number of hydrogen-bond acceptors (Lipinski definition) is 4. The van der Waals surface area contributed by atoms with Crippen LogP contribution in [0, 0.1) is 10.1 Å². The summed E-state index contributed by atoms with van der Waals surface area (Å²) in [6.07, 6.45) is -4.31. The molecule has 1 aromatic rings. The first-order valence-corrected chi connectivity index (χ1v) is 6.40. The van der Waals surface area contributed by atoms with Crippen molar-refractivity contribution in [1.29, 1.82) is 0 Å². The Kier molecular flexibility index (Phi) is 5.54. The van der Waals surface area contributed by atoms with Gasteiger partial charge in [-0.05, 0) is 19.4 Å². The van der Waals surface area contributed by atoms with E-state index in [1.165, 1.54) is 24.1 Å². The molecule has 0 unspecified atom stereocenters. The second kappa shape index (κ2) is 6.75. The molecule has 0 aliphatic heterocycles. The maximum absolute atomic E-state index is 12.6. The van der Waals surface area contributed by atoms with E-state index in [9.17, 15) is 23.3 Å². The third-order valence-corrected chi connectivity index (χ3v) is 3.06. The van der Waals surface area contributed by atoms with Gasteiger partial charge in [-0.3, -0.25) is 15.0 Å². The predicted molar refractivity (Wildman–Crippen MR) is 74.2 cm³/mol. The Bertz CT molecular complexity index is 504. The summed E-state index contributed by atoms with van der Waals surface area (Å²) in [5.41, 5.74) is 0.561. The van der Waals surface area contributed by atoms with Crippen LogP contribution in [0.2, 0.25) is 0 Å². The van der Waals surface area contributed by atoms with E-state index in [4.69, 9.17) is 0 Å². The van der Waals surface area contributed by atoms with Gasteiger partial charge in [0.15, 0.2) is 0 Å². The van der Waals surface area contributed by atoms with E-state index in [-0.39, 0.29) is 24.0 Å². The first-order valence-electron chi connectivity index (χ1n) is 6.40. The Morgan fingerprint density at radius 2 is 2.00 bits per heavy atom. The number of benzene rings is 1. The van der Waals surface area contributed by atoms with Gasteiger partial charge in [-0.1, -0.05) is 12.1 Å². The molecule has 5 nitrogen and oxygen atoms in total. The van der Waals surface area contributed by atoms with Gasteiger partial charge in [0.05, 0.1) is 11.5 Å². The number of rotatable bonds is 6. The van der Waals surface area contributed by atoms with Crippen LogP contribution in [-0.2, 0) is 6.54 Å². The van der Waals surface area contributed by atoms with Crippen molar-refractivity contribution in [3.8, 4) is 0 Å². The summed E-state index contributed by atoms with van der Waals surface area (Å²) in [6.45, 7) is 2.23. The summed E-state index contributed by atoms with van der Waals surface area (Å²) in [6, 6.07) is 4.04. The number of para-hydroxylation sites is 1. The fraction of sp³-hybridized carbons (Fsp3) is 0.538. The van der Waals surface area contributed by atoms with E-state index in [0.29, 0.717) is 5.56 Å². The number of nitrogens with zero attached hydrogens (tertiary/aromatic N) is 2. The Labute approximate surface area is 120 Å². The van der Waals surface area contributed by atoms with E-state index >= 15 is 0 Å². The first-order chi connectivity index (χ1) is 9.65. The zero-order valence-electron chi connectivity index (χ0n) is 12.1. The molecule has 0 amide bonds. The molecule has 0 aromatic heterocycles. The number of anilines is 1. The number of nitro groups is 1. The first kappa shape index (κ1) is 17.2. The van der Waals surface area contributed by atoms with Gasteiger partial charge in [-0.15, -0.1) is 0 Å². The lowest BCUT2D eigenvalue weighted by molar-refractivity contribution is -0.384. The summed E-state index contributed by atoms with van der Waals surface area (Å²) in [4.78, 5) is 11.6. The van der Waals surface area contributed by atoms with Crippen LogP contribution < -0.4 is 5.32 Å². The van der Waals surface area contributed by atoms with Crippen LogP contribution in [0.3, 0.4) is 0 Å². The summed E-state index contributed by atoms with van der Waals surface area (Å²) in [5, 5.41) is 13.7. The van der Waals surface area contributed by atoms with E-state index in [1.54, 1.807) is 19.9 Å². The van der Waals surface area contributed by atoms with Crippen molar-refractivity contribution in [1.82, 2.24) is 4.90 Å². The molecule has 0 radical (unpaired) electrons. The molecule has 1 N–H and O–H groups in total. The molecule has 0 saturated heterocycles. The Hall–Kier alpha value is -1.83. The highest BCUT2D eigenvalue weighted by Crippen LogP contribution is 2.30. The second-order valence-electron chi connectivity index (χ2n) is 4.93. The largest absolute Gasteiger partial charge is 0.401 e. The van der Waals surface area contributed by atoms with Crippen molar-refractivity contribution in [2.45, 2.75) is 32.6 Å². The molecular weight excluding hydrogens is 287 g/mol. The van der Waals surface area contributed by atoms with E-state index in [1.807, 2.05) is 0 Å². The van der Waals surface area contributed by atoms with Gasteiger partial charge in [-0.25, -0.2) is 0 Å². The van der Waals surface area contributed by atoms with Gasteiger partial charge in [0.25, 0.3) is 5.69 Å². The molecule has 0 saturated carbocycles. The maximum atomic E-state index is 12.6. The number of halogens is 3. The third kappa shape index (κ3) is 4.89. The van der Waals surface area contributed by atoms with Crippen LogP contribution in [0.4, 0.5) is 24.5 Å². The van der Waals surface area contributed by atoms with Crippen molar-refractivity contribution in [2.24, 2.45) is 0 Å². The summed E-state index contributed by atoms with van der Waals surface area (Å²) < 4.78 is 37.8. The fourth-order valence-electron chi connectivity index (χ4n) is 2.03. The van der Waals surface area contributed by atoms with Crippen LogP contribution in [-0.4, -0.2) is 35.6 Å². The lowest BCUT2D eigenvalue weighted by atomic mass is 10.1. The molecule has 0 heterocycles. The summed E-state index contributed by atoms with van der Waals surface area (Å²) in [5.74, 6) is 0. The molecule has 0 bridgehead atoms. The summed E-state index contributed by atoms with van der Waals surface area (Å²) >= 11 is 0. The standard InChI is InChI=1S/C13H18F3N3O2/c1-9(2)18(8-13(14,15)16)7-10-5-4-6-11(19(20)21)12(10)17-3/h4-6,9,17H,7-8H2,1-3H3. The van der Waals surface area contributed by atoms with Crippen LogP contribution in [0.1, 0.15) is 19.4 Å².